The number of rotatable bonds is 3. The minimum Gasteiger partial charge on any atom is -0.477 e. The highest BCUT2D eigenvalue weighted by molar-refractivity contribution is 7.16. The third-order valence-electron chi connectivity index (χ3n) is 3.65. The molecule has 8 heteroatoms. The molecule has 0 unspecified atom stereocenters. The molecular formula is C15H11Cl3N2O2S. The molecule has 1 aromatic carbocycles. The van der Waals surface area contributed by atoms with Crippen molar-refractivity contribution in [3.8, 4) is 0 Å². The van der Waals surface area contributed by atoms with Crippen LogP contribution >= 0.6 is 46.1 Å². The van der Waals surface area contributed by atoms with Crippen molar-refractivity contribution >= 4 is 63.5 Å². The number of nitrogens with zero attached hydrogens (tertiary/aromatic N) is 2. The first-order valence-corrected chi connectivity index (χ1v) is 8.65. The van der Waals surface area contributed by atoms with E-state index in [1.807, 2.05) is 13.0 Å². The first-order valence-electron chi connectivity index (χ1n) is 6.70. The predicted octanol–water partition coefficient (Wildman–Crippen LogP) is 5.35. The molecule has 23 heavy (non-hydrogen) atoms. The number of carbonyl (C=O) groups is 1. The van der Waals surface area contributed by atoms with E-state index in [0.29, 0.717) is 20.1 Å². The van der Waals surface area contributed by atoms with Crippen molar-refractivity contribution in [2.24, 2.45) is 11.0 Å². The summed E-state index contributed by atoms with van der Waals surface area (Å²) in [5.74, 6) is -1.35. The quantitative estimate of drug-likeness (QED) is 0.770. The zero-order valence-electron chi connectivity index (χ0n) is 11.8. The molecule has 2 aromatic rings. The summed E-state index contributed by atoms with van der Waals surface area (Å²) in [7, 11) is 0. The number of thiophene rings is 1. The van der Waals surface area contributed by atoms with Crippen LogP contribution in [0.2, 0.25) is 14.4 Å². The molecule has 0 spiro atoms. The Labute approximate surface area is 151 Å². The molecule has 2 heterocycles. The van der Waals surface area contributed by atoms with Crippen LogP contribution in [0.5, 0.6) is 0 Å². The largest absolute Gasteiger partial charge is 0.477 e. The van der Waals surface area contributed by atoms with E-state index in [1.165, 1.54) is 11.3 Å². The van der Waals surface area contributed by atoms with Crippen molar-refractivity contribution in [3.05, 3.63) is 49.6 Å². The van der Waals surface area contributed by atoms with E-state index in [4.69, 9.17) is 34.8 Å². The molecule has 0 amide bonds. The Morgan fingerprint density at radius 3 is 2.57 bits per heavy atom. The SMILES string of the molecule is C[C@@H]1C(C(=O)O)=NN(c2ccc(Cl)cc2Cl)[C@@H]1c1ccc(Cl)s1. The monoisotopic (exact) mass is 388 g/mol. The van der Waals surface area contributed by atoms with Crippen molar-refractivity contribution in [1.82, 2.24) is 0 Å². The minimum atomic E-state index is -1.04. The number of carboxylic acid groups (broad SMARTS) is 1. The van der Waals surface area contributed by atoms with Crippen LogP contribution < -0.4 is 5.01 Å². The molecule has 1 aliphatic rings. The van der Waals surface area contributed by atoms with Gasteiger partial charge < -0.3 is 5.11 Å². The third-order valence-corrected chi connectivity index (χ3v) is 5.48. The van der Waals surface area contributed by atoms with Crippen molar-refractivity contribution in [3.63, 3.8) is 0 Å². The Hall–Kier alpha value is -1.27. The van der Waals surface area contributed by atoms with Gasteiger partial charge in [0.05, 0.1) is 21.1 Å². The van der Waals surface area contributed by atoms with Crippen molar-refractivity contribution in [1.29, 1.82) is 0 Å². The summed E-state index contributed by atoms with van der Waals surface area (Å²) in [6.45, 7) is 1.83. The summed E-state index contributed by atoms with van der Waals surface area (Å²) in [4.78, 5) is 12.4. The Morgan fingerprint density at radius 2 is 2.00 bits per heavy atom. The smallest absolute Gasteiger partial charge is 0.352 e. The topological polar surface area (TPSA) is 52.9 Å². The highest BCUT2D eigenvalue weighted by atomic mass is 35.5. The molecular weight excluding hydrogens is 379 g/mol. The molecule has 1 aliphatic heterocycles. The van der Waals surface area contributed by atoms with Gasteiger partial charge in [0.15, 0.2) is 5.71 Å². The lowest BCUT2D eigenvalue weighted by molar-refractivity contribution is -0.129. The molecule has 120 valence electrons. The number of hydrogen-bond donors (Lipinski definition) is 1. The van der Waals surface area contributed by atoms with Gasteiger partial charge in [0.1, 0.15) is 0 Å². The Balaban J connectivity index is 2.11. The van der Waals surface area contributed by atoms with Crippen LogP contribution in [0.4, 0.5) is 5.69 Å². The van der Waals surface area contributed by atoms with E-state index in [0.717, 1.165) is 4.88 Å². The number of aliphatic carboxylic acids is 1. The van der Waals surface area contributed by atoms with Gasteiger partial charge in [-0.2, -0.15) is 5.10 Å². The summed E-state index contributed by atoms with van der Waals surface area (Å²) in [5, 5.41) is 16.2. The van der Waals surface area contributed by atoms with Gasteiger partial charge in [-0.15, -0.1) is 11.3 Å². The van der Waals surface area contributed by atoms with Crippen LogP contribution in [0.1, 0.15) is 17.8 Å². The Bertz CT molecular complexity index is 806. The maximum absolute atomic E-state index is 11.5. The number of halogens is 3. The molecule has 0 radical (unpaired) electrons. The van der Waals surface area contributed by atoms with Crippen LogP contribution in [0.15, 0.2) is 35.4 Å². The second-order valence-electron chi connectivity index (χ2n) is 5.11. The number of hydrazone groups is 1. The number of anilines is 1. The fourth-order valence-electron chi connectivity index (χ4n) is 2.59. The number of hydrogen-bond acceptors (Lipinski definition) is 4. The average molecular weight is 390 g/mol. The Morgan fingerprint density at radius 1 is 1.26 bits per heavy atom. The van der Waals surface area contributed by atoms with Gasteiger partial charge in [0, 0.05) is 15.8 Å². The van der Waals surface area contributed by atoms with E-state index >= 15 is 0 Å². The Kier molecular flexibility index (Phi) is 4.56. The van der Waals surface area contributed by atoms with E-state index in [2.05, 4.69) is 5.10 Å². The molecule has 1 N–H and O–H groups in total. The van der Waals surface area contributed by atoms with Crippen LogP contribution in [0.25, 0.3) is 0 Å². The molecule has 0 saturated heterocycles. The normalized spacial score (nSPS) is 20.7. The highest BCUT2D eigenvalue weighted by Crippen LogP contribution is 2.44. The number of carboxylic acids is 1. The lowest BCUT2D eigenvalue weighted by Crippen LogP contribution is -2.25. The van der Waals surface area contributed by atoms with Gasteiger partial charge >= 0.3 is 5.97 Å². The van der Waals surface area contributed by atoms with Gasteiger partial charge in [-0.05, 0) is 30.3 Å². The van der Waals surface area contributed by atoms with Gasteiger partial charge in [0.25, 0.3) is 0 Å². The first kappa shape index (κ1) is 16.6. The molecule has 0 aliphatic carbocycles. The molecule has 3 rings (SSSR count). The standard InChI is InChI=1S/C15H11Cl3N2O2S/c1-7-13(15(21)22)19-20(10-3-2-8(16)6-9(10)17)14(7)11-4-5-12(18)23-11/h2-7,14H,1H3,(H,21,22)/t7-,14+/m1/s1. The lowest BCUT2D eigenvalue weighted by Gasteiger charge is -2.26. The minimum absolute atomic E-state index is 0.0885. The predicted molar refractivity (Wildman–Crippen MR) is 95.2 cm³/mol. The highest BCUT2D eigenvalue weighted by Gasteiger charge is 2.40. The molecule has 0 bridgehead atoms. The second-order valence-corrected chi connectivity index (χ2v) is 7.70. The second kappa shape index (κ2) is 6.32. The van der Waals surface area contributed by atoms with E-state index < -0.39 is 5.97 Å². The molecule has 1 aromatic heterocycles. The van der Waals surface area contributed by atoms with Gasteiger partial charge in [0.2, 0.25) is 0 Å². The maximum Gasteiger partial charge on any atom is 0.352 e. The maximum atomic E-state index is 11.5. The van der Waals surface area contributed by atoms with Crippen LogP contribution in [-0.2, 0) is 4.79 Å². The summed E-state index contributed by atoms with van der Waals surface area (Å²) >= 11 is 19.6. The van der Waals surface area contributed by atoms with Gasteiger partial charge in [-0.3, -0.25) is 5.01 Å². The fourth-order valence-corrected chi connectivity index (χ4v) is 4.34. The zero-order valence-corrected chi connectivity index (χ0v) is 14.9. The third kappa shape index (κ3) is 3.06. The summed E-state index contributed by atoms with van der Waals surface area (Å²) < 4.78 is 0.637. The van der Waals surface area contributed by atoms with Crippen molar-refractivity contribution in [2.45, 2.75) is 13.0 Å². The summed E-state index contributed by atoms with van der Waals surface area (Å²) in [6, 6.07) is 8.42. The van der Waals surface area contributed by atoms with Gasteiger partial charge in [-0.25, -0.2) is 4.79 Å². The van der Waals surface area contributed by atoms with Gasteiger partial charge in [-0.1, -0.05) is 41.7 Å². The lowest BCUT2D eigenvalue weighted by atomic mass is 9.96. The fraction of sp³-hybridized carbons (Fsp3) is 0.200. The number of benzene rings is 1. The molecule has 2 atom stereocenters. The van der Waals surface area contributed by atoms with Crippen LogP contribution in [0, 0.1) is 5.92 Å². The zero-order chi connectivity index (χ0) is 16.7. The molecule has 0 saturated carbocycles. The van der Waals surface area contributed by atoms with Crippen molar-refractivity contribution < 1.29 is 9.90 Å². The van der Waals surface area contributed by atoms with Crippen LogP contribution in [0.3, 0.4) is 0 Å². The summed E-state index contributed by atoms with van der Waals surface area (Å²) in [5.41, 5.74) is 0.694. The van der Waals surface area contributed by atoms with Crippen molar-refractivity contribution in [2.75, 3.05) is 5.01 Å². The van der Waals surface area contributed by atoms with Crippen LogP contribution in [-0.4, -0.2) is 16.8 Å². The first-order chi connectivity index (χ1) is 10.9. The molecule has 0 fully saturated rings. The van der Waals surface area contributed by atoms with E-state index in [-0.39, 0.29) is 17.7 Å². The van der Waals surface area contributed by atoms with E-state index in [9.17, 15) is 9.90 Å². The average Bonchev–Trinajstić information content (AvgIpc) is 3.02. The summed E-state index contributed by atoms with van der Waals surface area (Å²) in [6.07, 6.45) is 0. The van der Waals surface area contributed by atoms with E-state index in [1.54, 1.807) is 29.3 Å². The molecule has 4 nitrogen and oxygen atoms in total.